The second-order valence-electron chi connectivity index (χ2n) is 3.46. The van der Waals surface area contributed by atoms with E-state index in [9.17, 15) is 4.79 Å². The Hall–Kier alpha value is -1.57. The zero-order valence-electron chi connectivity index (χ0n) is 8.66. The number of carbonyl (C=O) groups excluding carboxylic acids is 1. The van der Waals surface area contributed by atoms with Crippen LogP contribution >= 0.6 is 0 Å². The summed E-state index contributed by atoms with van der Waals surface area (Å²) in [7, 11) is 0. The van der Waals surface area contributed by atoms with E-state index in [1.165, 1.54) is 0 Å². The molecule has 0 atom stereocenters. The van der Waals surface area contributed by atoms with Gasteiger partial charge < -0.3 is 5.11 Å². The summed E-state index contributed by atoms with van der Waals surface area (Å²) in [5.74, 6) is -0.117. The minimum Gasteiger partial charge on any atom is -0.515 e. The Morgan fingerprint density at radius 2 is 2.00 bits per heavy atom. The summed E-state index contributed by atoms with van der Waals surface area (Å²) in [5, 5.41) is 8.74. The fourth-order valence-corrected chi connectivity index (χ4v) is 1.25. The molecule has 2 nitrogen and oxygen atoms in total. The molecule has 0 heterocycles. The van der Waals surface area contributed by atoms with E-state index < -0.39 is 0 Å². The van der Waals surface area contributed by atoms with Crippen molar-refractivity contribution in [3.63, 3.8) is 0 Å². The molecule has 0 aliphatic heterocycles. The Morgan fingerprint density at radius 3 is 2.57 bits per heavy atom. The number of hydrogen-bond acceptors (Lipinski definition) is 2. The van der Waals surface area contributed by atoms with Gasteiger partial charge >= 0.3 is 0 Å². The van der Waals surface area contributed by atoms with E-state index in [-0.39, 0.29) is 5.78 Å². The smallest absolute Gasteiger partial charge is 0.192 e. The molecule has 0 saturated carbocycles. The number of aliphatic hydroxyl groups excluding tert-OH is 1. The molecule has 14 heavy (non-hydrogen) atoms. The highest BCUT2D eigenvalue weighted by molar-refractivity contribution is 6.09. The number of carbonyl (C=O) groups is 1. The molecule has 1 aromatic carbocycles. The molecule has 0 spiro atoms. The molecular formula is C12H14O2. The molecule has 0 saturated heterocycles. The highest BCUT2D eigenvalue weighted by Gasteiger charge is 2.10. The van der Waals surface area contributed by atoms with E-state index in [0.29, 0.717) is 11.1 Å². The summed E-state index contributed by atoms with van der Waals surface area (Å²) >= 11 is 0. The summed E-state index contributed by atoms with van der Waals surface area (Å²) < 4.78 is 0. The number of rotatable bonds is 2. The highest BCUT2D eigenvalue weighted by atomic mass is 16.2. The van der Waals surface area contributed by atoms with Gasteiger partial charge in [0, 0.05) is 11.1 Å². The molecule has 0 fully saturated rings. The van der Waals surface area contributed by atoms with Crippen LogP contribution in [0.25, 0.3) is 0 Å². The fourth-order valence-electron chi connectivity index (χ4n) is 1.25. The fraction of sp³-hybridized carbons (Fsp3) is 0.250. The topological polar surface area (TPSA) is 37.3 Å². The second kappa shape index (κ2) is 4.09. The van der Waals surface area contributed by atoms with Gasteiger partial charge in [-0.05, 0) is 32.4 Å². The van der Waals surface area contributed by atoms with E-state index in [1.807, 2.05) is 32.0 Å². The Kier molecular flexibility index (Phi) is 3.07. The number of benzene rings is 1. The summed E-state index contributed by atoms with van der Waals surface area (Å²) in [6.45, 7) is 5.43. The quantitative estimate of drug-likeness (QED) is 0.442. The standard InChI is InChI=1S/C12H14O2/c1-8-4-5-9(2)11(6-8)12(14)10(3)7-13/h4-7,13H,1-3H3. The Bertz CT molecular complexity index is 389. The van der Waals surface area contributed by atoms with Crippen LogP contribution in [-0.4, -0.2) is 10.9 Å². The maximum absolute atomic E-state index is 11.7. The Labute approximate surface area is 83.9 Å². The van der Waals surface area contributed by atoms with Gasteiger partial charge in [0.05, 0.1) is 6.26 Å². The average molecular weight is 190 g/mol. The number of Topliss-reactive ketones (excluding diaryl/α,β-unsaturated/α-hetero) is 1. The molecule has 0 radical (unpaired) electrons. The van der Waals surface area contributed by atoms with E-state index in [0.717, 1.165) is 17.4 Å². The van der Waals surface area contributed by atoms with Gasteiger partial charge in [-0.15, -0.1) is 0 Å². The zero-order chi connectivity index (χ0) is 10.7. The first-order chi connectivity index (χ1) is 6.56. The van der Waals surface area contributed by atoms with E-state index in [4.69, 9.17) is 5.11 Å². The van der Waals surface area contributed by atoms with Gasteiger partial charge in [-0.3, -0.25) is 4.79 Å². The number of hydrogen-bond donors (Lipinski definition) is 1. The van der Waals surface area contributed by atoms with Crippen LogP contribution in [0.4, 0.5) is 0 Å². The van der Waals surface area contributed by atoms with Gasteiger partial charge in [0.2, 0.25) is 0 Å². The normalized spacial score (nSPS) is 11.5. The van der Waals surface area contributed by atoms with Crippen molar-refractivity contribution in [1.82, 2.24) is 0 Å². The number of allylic oxidation sites excluding steroid dienone is 1. The first-order valence-electron chi connectivity index (χ1n) is 4.49. The van der Waals surface area contributed by atoms with Crippen molar-refractivity contribution in [1.29, 1.82) is 0 Å². The Balaban J connectivity index is 3.19. The molecule has 0 aliphatic rings. The van der Waals surface area contributed by atoms with Crippen molar-refractivity contribution in [2.75, 3.05) is 0 Å². The molecule has 1 rings (SSSR count). The van der Waals surface area contributed by atoms with Gasteiger partial charge in [0.25, 0.3) is 0 Å². The predicted octanol–water partition coefficient (Wildman–Crippen LogP) is 2.95. The first-order valence-corrected chi connectivity index (χ1v) is 4.49. The Morgan fingerprint density at radius 1 is 1.36 bits per heavy atom. The molecule has 0 unspecified atom stereocenters. The van der Waals surface area contributed by atoms with Gasteiger partial charge in [-0.25, -0.2) is 0 Å². The van der Waals surface area contributed by atoms with Crippen LogP contribution in [0, 0.1) is 13.8 Å². The third-order valence-corrected chi connectivity index (χ3v) is 2.19. The lowest BCUT2D eigenvalue weighted by molar-refractivity contribution is 0.103. The third-order valence-electron chi connectivity index (χ3n) is 2.19. The largest absolute Gasteiger partial charge is 0.515 e. The lowest BCUT2D eigenvalue weighted by Crippen LogP contribution is -2.03. The van der Waals surface area contributed by atoms with Gasteiger partial charge in [-0.1, -0.05) is 17.7 Å². The number of aliphatic hydroxyl groups is 1. The van der Waals surface area contributed by atoms with Crippen LogP contribution in [0.1, 0.15) is 28.4 Å². The van der Waals surface area contributed by atoms with E-state index in [1.54, 1.807) is 6.92 Å². The summed E-state index contributed by atoms with van der Waals surface area (Å²) in [5.41, 5.74) is 3.00. The van der Waals surface area contributed by atoms with Gasteiger partial charge in [-0.2, -0.15) is 0 Å². The second-order valence-corrected chi connectivity index (χ2v) is 3.46. The van der Waals surface area contributed by atoms with E-state index in [2.05, 4.69) is 0 Å². The van der Waals surface area contributed by atoms with E-state index >= 15 is 0 Å². The van der Waals surface area contributed by atoms with Crippen molar-refractivity contribution in [3.8, 4) is 0 Å². The molecule has 74 valence electrons. The monoisotopic (exact) mass is 190 g/mol. The molecule has 0 aromatic heterocycles. The molecule has 2 heteroatoms. The summed E-state index contributed by atoms with van der Waals surface area (Å²) in [6.07, 6.45) is 0.851. The predicted molar refractivity (Wildman–Crippen MR) is 56.6 cm³/mol. The maximum Gasteiger partial charge on any atom is 0.192 e. The number of aryl methyl sites for hydroxylation is 2. The number of ketones is 1. The van der Waals surface area contributed by atoms with Crippen LogP contribution in [0.15, 0.2) is 30.0 Å². The SMILES string of the molecule is CC(=CO)C(=O)c1cc(C)ccc1C. The minimum atomic E-state index is -0.117. The van der Waals surface area contributed by atoms with Crippen molar-refractivity contribution >= 4 is 5.78 Å². The molecule has 0 bridgehead atoms. The summed E-state index contributed by atoms with van der Waals surface area (Å²) in [6, 6.07) is 5.71. The van der Waals surface area contributed by atoms with Crippen LogP contribution in [0.2, 0.25) is 0 Å². The third kappa shape index (κ3) is 2.02. The highest BCUT2D eigenvalue weighted by Crippen LogP contribution is 2.14. The van der Waals surface area contributed by atoms with Gasteiger partial charge in [0.15, 0.2) is 5.78 Å². The van der Waals surface area contributed by atoms with Crippen molar-refractivity contribution in [2.45, 2.75) is 20.8 Å². The van der Waals surface area contributed by atoms with Crippen LogP contribution in [0.3, 0.4) is 0 Å². The molecule has 1 N–H and O–H groups in total. The van der Waals surface area contributed by atoms with Crippen LogP contribution in [0.5, 0.6) is 0 Å². The van der Waals surface area contributed by atoms with Gasteiger partial charge in [0.1, 0.15) is 0 Å². The van der Waals surface area contributed by atoms with Crippen LogP contribution < -0.4 is 0 Å². The van der Waals surface area contributed by atoms with Crippen LogP contribution in [-0.2, 0) is 0 Å². The zero-order valence-corrected chi connectivity index (χ0v) is 8.66. The van der Waals surface area contributed by atoms with Crippen molar-refractivity contribution in [2.24, 2.45) is 0 Å². The molecule has 0 amide bonds. The van der Waals surface area contributed by atoms with Crippen molar-refractivity contribution in [3.05, 3.63) is 46.7 Å². The lowest BCUT2D eigenvalue weighted by Gasteiger charge is -2.05. The lowest BCUT2D eigenvalue weighted by atomic mass is 9.99. The average Bonchev–Trinajstić information content (AvgIpc) is 2.19. The molecular weight excluding hydrogens is 176 g/mol. The first kappa shape index (κ1) is 10.5. The minimum absolute atomic E-state index is 0.117. The summed E-state index contributed by atoms with van der Waals surface area (Å²) in [4.78, 5) is 11.7. The molecule has 0 aliphatic carbocycles. The van der Waals surface area contributed by atoms with Crippen molar-refractivity contribution < 1.29 is 9.90 Å². The maximum atomic E-state index is 11.7. The molecule has 1 aromatic rings.